The van der Waals surface area contributed by atoms with Crippen LogP contribution in [0.1, 0.15) is 12.0 Å². The van der Waals surface area contributed by atoms with Crippen LogP contribution in [0.25, 0.3) is 0 Å². The lowest BCUT2D eigenvalue weighted by Crippen LogP contribution is -2.22. The van der Waals surface area contributed by atoms with Crippen LogP contribution in [-0.4, -0.2) is 19.7 Å². The van der Waals surface area contributed by atoms with Crippen LogP contribution in [0.4, 0.5) is 13.2 Å². The summed E-state index contributed by atoms with van der Waals surface area (Å²) in [6.07, 6.45) is -1.44. The largest absolute Gasteiger partial charge is 0.489 e. The van der Waals surface area contributed by atoms with Crippen LogP contribution in [0.3, 0.4) is 0 Å². The van der Waals surface area contributed by atoms with Gasteiger partial charge in [-0.25, -0.2) is 0 Å². The summed E-state index contributed by atoms with van der Waals surface area (Å²) in [7, 11) is 0. The number of alkyl halides is 3. The van der Waals surface area contributed by atoms with Crippen LogP contribution < -0.4 is 10.1 Å². The molecule has 0 bridgehead atoms. The van der Waals surface area contributed by atoms with E-state index in [1.807, 2.05) is 6.08 Å². The summed E-state index contributed by atoms with van der Waals surface area (Å²) in [6.45, 7) is 2.03. The maximum absolute atomic E-state index is 12.5. The molecule has 1 aromatic rings. The van der Waals surface area contributed by atoms with Crippen molar-refractivity contribution in [3.05, 3.63) is 41.5 Å². The number of halogens is 3. The highest BCUT2D eigenvalue weighted by Gasteiger charge is 2.30. The van der Waals surface area contributed by atoms with Gasteiger partial charge in [-0.1, -0.05) is 12.1 Å². The van der Waals surface area contributed by atoms with E-state index in [-0.39, 0.29) is 5.75 Å². The third kappa shape index (κ3) is 3.50. The molecule has 0 unspecified atom stereocenters. The highest BCUT2D eigenvalue weighted by molar-refractivity contribution is 5.30. The predicted octanol–water partition coefficient (Wildman–Crippen LogP) is 3.00. The molecule has 0 atom stereocenters. The monoisotopic (exact) mass is 257 g/mol. The lowest BCUT2D eigenvalue weighted by molar-refractivity contribution is -0.137. The number of ether oxygens (including phenoxy) is 1. The van der Waals surface area contributed by atoms with E-state index < -0.39 is 11.7 Å². The standard InChI is InChI=1S/C13H14F3NO/c14-13(15,16)11-2-1-3-12(8-11)18-9-10-4-6-17-7-5-10/h1-4,8,17H,5-7,9H2. The third-order valence-electron chi connectivity index (χ3n) is 2.74. The summed E-state index contributed by atoms with van der Waals surface area (Å²) in [5.41, 5.74) is 0.436. The van der Waals surface area contributed by atoms with Gasteiger partial charge in [0, 0.05) is 6.54 Å². The van der Waals surface area contributed by atoms with Crippen LogP contribution in [0.15, 0.2) is 35.9 Å². The van der Waals surface area contributed by atoms with E-state index in [1.54, 1.807) is 0 Å². The number of nitrogens with one attached hydrogen (secondary N) is 1. The molecule has 2 rings (SSSR count). The van der Waals surface area contributed by atoms with E-state index in [1.165, 1.54) is 12.1 Å². The van der Waals surface area contributed by atoms with Crippen molar-refractivity contribution in [3.8, 4) is 5.75 Å². The zero-order valence-electron chi connectivity index (χ0n) is 9.76. The average molecular weight is 257 g/mol. The van der Waals surface area contributed by atoms with Crippen LogP contribution in [0.2, 0.25) is 0 Å². The minimum Gasteiger partial charge on any atom is -0.489 e. The molecule has 1 N–H and O–H groups in total. The van der Waals surface area contributed by atoms with Gasteiger partial charge < -0.3 is 10.1 Å². The molecule has 0 fully saturated rings. The summed E-state index contributed by atoms with van der Waals surface area (Å²) in [5, 5.41) is 3.16. The first-order chi connectivity index (χ1) is 8.55. The maximum Gasteiger partial charge on any atom is 0.416 e. The molecule has 0 aromatic heterocycles. The van der Waals surface area contributed by atoms with E-state index in [4.69, 9.17) is 4.74 Å². The molecule has 0 aliphatic carbocycles. The third-order valence-corrected chi connectivity index (χ3v) is 2.74. The van der Waals surface area contributed by atoms with Crippen LogP contribution >= 0.6 is 0 Å². The van der Waals surface area contributed by atoms with Gasteiger partial charge in [0.1, 0.15) is 12.4 Å². The van der Waals surface area contributed by atoms with E-state index >= 15 is 0 Å². The zero-order chi connectivity index (χ0) is 13.0. The van der Waals surface area contributed by atoms with Gasteiger partial charge in [0.15, 0.2) is 0 Å². The molecule has 2 nitrogen and oxygen atoms in total. The second-order valence-electron chi connectivity index (χ2n) is 4.13. The van der Waals surface area contributed by atoms with Gasteiger partial charge in [-0.05, 0) is 36.7 Å². The summed E-state index contributed by atoms with van der Waals surface area (Å²) >= 11 is 0. The van der Waals surface area contributed by atoms with Crippen molar-refractivity contribution < 1.29 is 17.9 Å². The number of rotatable bonds is 3. The van der Waals surface area contributed by atoms with Crippen molar-refractivity contribution in [3.63, 3.8) is 0 Å². The Morgan fingerprint density at radius 2 is 2.11 bits per heavy atom. The Bertz CT molecular complexity index is 440. The molecular formula is C13H14F3NO. The Kier molecular flexibility index (Phi) is 3.91. The maximum atomic E-state index is 12.5. The molecular weight excluding hydrogens is 243 g/mol. The van der Waals surface area contributed by atoms with Crippen LogP contribution in [-0.2, 0) is 6.18 Å². The minimum absolute atomic E-state index is 0.254. The molecule has 0 spiro atoms. The SMILES string of the molecule is FC(F)(F)c1cccc(OCC2=CCNCC2)c1. The zero-order valence-corrected chi connectivity index (χ0v) is 9.76. The number of hydrogen-bond donors (Lipinski definition) is 1. The Morgan fingerprint density at radius 3 is 2.78 bits per heavy atom. The van der Waals surface area contributed by atoms with Gasteiger partial charge in [-0.3, -0.25) is 0 Å². The van der Waals surface area contributed by atoms with Gasteiger partial charge in [0.25, 0.3) is 0 Å². The molecule has 0 saturated heterocycles. The summed E-state index contributed by atoms with van der Waals surface area (Å²) in [4.78, 5) is 0. The van der Waals surface area contributed by atoms with Crippen molar-refractivity contribution in [1.29, 1.82) is 0 Å². The average Bonchev–Trinajstić information content (AvgIpc) is 2.37. The quantitative estimate of drug-likeness (QED) is 0.840. The first-order valence-electron chi connectivity index (χ1n) is 5.74. The number of hydrogen-bond acceptors (Lipinski definition) is 2. The Labute approximate surface area is 103 Å². The van der Waals surface area contributed by atoms with E-state index in [0.717, 1.165) is 37.2 Å². The van der Waals surface area contributed by atoms with Crippen LogP contribution in [0.5, 0.6) is 5.75 Å². The number of benzene rings is 1. The smallest absolute Gasteiger partial charge is 0.416 e. The molecule has 1 aromatic carbocycles. The minimum atomic E-state index is -4.33. The fourth-order valence-electron chi connectivity index (χ4n) is 1.74. The highest BCUT2D eigenvalue weighted by Crippen LogP contribution is 2.31. The Balaban J connectivity index is 1.99. The predicted molar refractivity (Wildman–Crippen MR) is 62.5 cm³/mol. The first-order valence-corrected chi connectivity index (χ1v) is 5.74. The summed E-state index contributed by atoms with van der Waals surface area (Å²) in [5.74, 6) is 0.254. The lowest BCUT2D eigenvalue weighted by Gasteiger charge is -2.15. The van der Waals surface area contributed by atoms with E-state index in [2.05, 4.69) is 5.32 Å². The molecule has 1 aliphatic rings. The second-order valence-corrected chi connectivity index (χ2v) is 4.13. The van der Waals surface area contributed by atoms with Gasteiger partial charge in [-0.2, -0.15) is 13.2 Å². The van der Waals surface area contributed by atoms with Gasteiger partial charge in [-0.15, -0.1) is 0 Å². The molecule has 0 radical (unpaired) electrons. The normalized spacial score (nSPS) is 16.3. The van der Waals surface area contributed by atoms with Crippen LogP contribution in [0, 0.1) is 0 Å². The molecule has 0 saturated carbocycles. The molecule has 98 valence electrons. The molecule has 1 heterocycles. The topological polar surface area (TPSA) is 21.3 Å². The highest BCUT2D eigenvalue weighted by atomic mass is 19.4. The fraction of sp³-hybridized carbons (Fsp3) is 0.385. The van der Waals surface area contributed by atoms with E-state index in [9.17, 15) is 13.2 Å². The Hall–Kier alpha value is -1.49. The van der Waals surface area contributed by atoms with Gasteiger partial charge in [0.05, 0.1) is 5.56 Å². The molecule has 5 heteroatoms. The van der Waals surface area contributed by atoms with Crippen molar-refractivity contribution in [2.24, 2.45) is 0 Å². The molecule has 1 aliphatic heterocycles. The lowest BCUT2D eigenvalue weighted by atomic mass is 10.1. The summed E-state index contributed by atoms with van der Waals surface area (Å²) < 4.78 is 42.8. The van der Waals surface area contributed by atoms with Gasteiger partial charge in [0.2, 0.25) is 0 Å². The van der Waals surface area contributed by atoms with Gasteiger partial charge >= 0.3 is 6.18 Å². The first kappa shape index (κ1) is 13.0. The van der Waals surface area contributed by atoms with Crippen molar-refractivity contribution >= 4 is 0 Å². The Morgan fingerprint density at radius 1 is 1.28 bits per heavy atom. The van der Waals surface area contributed by atoms with E-state index in [0.29, 0.717) is 6.61 Å². The summed E-state index contributed by atoms with van der Waals surface area (Å²) in [6, 6.07) is 4.96. The molecule has 0 amide bonds. The van der Waals surface area contributed by atoms with Crippen molar-refractivity contribution in [1.82, 2.24) is 5.32 Å². The molecule has 18 heavy (non-hydrogen) atoms. The fourth-order valence-corrected chi connectivity index (χ4v) is 1.74. The van der Waals surface area contributed by atoms with Crippen molar-refractivity contribution in [2.45, 2.75) is 12.6 Å². The second kappa shape index (κ2) is 5.44. The van der Waals surface area contributed by atoms with Crippen molar-refractivity contribution in [2.75, 3.05) is 19.7 Å².